The van der Waals surface area contributed by atoms with E-state index in [1.54, 1.807) is 0 Å². The SMILES string of the molecule is CN(C)c1ccc(Nc2c3ccc(NC(=O)CCN4CC5(C)CC4CC(C)(C)C5)cc3nc3cc(NC(=O)CCN4CC5(C)CC4CC(C)(C)C5)ccc23)cc1. The summed E-state index contributed by atoms with van der Waals surface area (Å²) in [6, 6.07) is 21.5. The Balaban J connectivity index is 1.00. The van der Waals surface area contributed by atoms with Gasteiger partial charge in [0.2, 0.25) is 11.8 Å². The van der Waals surface area contributed by atoms with Crippen LogP contribution in [0.1, 0.15) is 92.9 Å². The minimum absolute atomic E-state index is 0.0236. The zero-order valence-electron chi connectivity index (χ0n) is 35.0. The highest BCUT2D eigenvalue weighted by atomic mass is 16.2. The Morgan fingerprint density at radius 2 is 1.11 bits per heavy atom. The van der Waals surface area contributed by atoms with Gasteiger partial charge in [-0.15, -0.1) is 0 Å². The molecule has 2 aliphatic carbocycles. The molecule has 56 heavy (non-hydrogen) atoms. The molecule has 4 bridgehead atoms. The van der Waals surface area contributed by atoms with Gasteiger partial charge in [0.15, 0.2) is 0 Å². The second-order valence-corrected chi connectivity index (χ2v) is 20.5. The summed E-state index contributed by atoms with van der Waals surface area (Å²) in [6.45, 7) is 18.1. The summed E-state index contributed by atoms with van der Waals surface area (Å²) >= 11 is 0. The molecule has 2 saturated heterocycles. The van der Waals surface area contributed by atoms with Crippen LogP contribution in [0.25, 0.3) is 21.8 Å². The zero-order chi connectivity index (χ0) is 39.6. The molecule has 0 spiro atoms. The van der Waals surface area contributed by atoms with Crippen molar-refractivity contribution in [2.24, 2.45) is 21.7 Å². The van der Waals surface area contributed by atoms with Gasteiger partial charge in [-0.25, -0.2) is 4.98 Å². The van der Waals surface area contributed by atoms with Crippen LogP contribution in [0.5, 0.6) is 0 Å². The van der Waals surface area contributed by atoms with Crippen LogP contribution in [-0.2, 0) is 9.59 Å². The monoisotopic (exact) mass is 758 g/mol. The number of amides is 2. The van der Waals surface area contributed by atoms with Gasteiger partial charge in [0.25, 0.3) is 0 Å². The molecule has 4 unspecified atom stereocenters. The van der Waals surface area contributed by atoms with E-state index >= 15 is 0 Å². The number of nitrogens with zero attached hydrogens (tertiary/aromatic N) is 4. The van der Waals surface area contributed by atoms with Crippen molar-refractivity contribution in [1.82, 2.24) is 14.8 Å². The predicted octanol–water partition coefficient (Wildman–Crippen LogP) is 9.66. The summed E-state index contributed by atoms with van der Waals surface area (Å²) < 4.78 is 0. The normalized spacial score (nSPS) is 26.7. The quantitative estimate of drug-likeness (QED) is 0.131. The minimum Gasteiger partial charge on any atom is -0.378 e. The number of fused-ring (bicyclic) bond motifs is 6. The Hall–Kier alpha value is -4.21. The third kappa shape index (κ3) is 8.26. The van der Waals surface area contributed by atoms with Crippen molar-refractivity contribution in [2.75, 3.05) is 61.1 Å². The maximum Gasteiger partial charge on any atom is 0.225 e. The van der Waals surface area contributed by atoms with Crippen molar-refractivity contribution < 1.29 is 9.59 Å². The van der Waals surface area contributed by atoms with Gasteiger partial charge in [0.1, 0.15) is 0 Å². The Labute approximate surface area is 334 Å². The van der Waals surface area contributed by atoms with Crippen LogP contribution in [0.15, 0.2) is 60.7 Å². The molecule has 4 atom stereocenters. The molecule has 2 saturated carbocycles. The smallest absolute Gasteiger partial charge is 0.225 e. The van der Waals surface area contributed by atoms with Crippen molar-refractivity contribution in [3.8, 4) is 0 Å². The number of hydrogen-bond acceptors (Lipinski definition) is 7. The van der Waals surface area contributed by atoms with Crippen molar-refractivity contribution in [3.63, 3.8) is 0 Å². The lowest BCUT2D eigenvalue weighted by Crippen LogP contribution is -2.35. The van der Waals surface area contributed by atoms with E-state index < -0.39 is 0 Å². The first-order valence-corrected chi connectivity index (χ1v) is 20.9. The lowest BCUT2D eigenvalue weighted by Gasteiger charge is -2.40. The van der Waals surface area contributed by atoms with E-state index in [1.165, 1.54) is 38.5 Å². The summed E-state index contributed by atoms with van der Waals surface area (Å²) in [7, 11) is 4.07. The maximum atomic E-state index is 13.4. The molecule has 298 valence electrons. The molecule has 8 rings (SSSR count). The maximum absolute atomic E-state index is 13.4. The number of aromatic nitrogens is 1. The van der Waals surface area contributed by atoms with Gasteiger partial charge in [-0.2, -0.15) is 0 Å². The van der Waals surface area contributed by atoms with E-state index in [0.717, 1.165) is 76.4 Å². The van der Waals surface area contributed by atoms with Gasteiger partial charge in [-0.3, -0.25) is 19.4 Å². The number of hydrogen-bond donors (Lipinski definition) is 3. The van der Waals surface area contributed by atoms with Crippen LogP contribution in [0, 0.1) is 21.7 Å². The fourth-order valence-corrected chi connectivity index (χ4v) is 11.8. The van der Waals surface area contributed by atoms with Gasteiger partial charge >= 0.3 is 0 Å². The van der Waals surface area contributed by atoms with Crippen molar-refractivity contribution in [2.45, 2.75) is 105 Å². The average Bonchev–Trinajstić information content (AvgIpc) is 3.50. The molecule has 0 radical (unpaired) electrons. The molecular weight excluding hydrogens is 695 g/mol. The van der Waals surface area contributed by atoms with Crippen LogP contribution in [0.2, 0.25) is 0 Å². The first kappa shape index (κ1) is 38.7. The van der Waals surface area contributed by atoms with E-state index in [1.807, 2.05) is 50.5 Å². The molecular formula is C47H63N7O2. The molecule has 9 heteroatoms. The number of pyridine rings is 1. The second kappa shape index (κ2) is 14.3. The largest absolute Gasteiger partial charge is 0.378 e. The Morgan fingerprint density at radius 1 is 0.661 bits per heavy atom. The molecule has 2 aliphatic heterocycles. The van der Waals surface area contributed by atoms with Gasteiger partial charge in [-0.1, -0.05) is 41.5 Å². The van der Waals surface area contributed by atoms with Gasteiger partial charge < -0.3 is 20.9 Å². The highest BCUT2D eigenvalue weighted by Crippen LogP contribution is 2.53. The third-order valence-corrected chi connectivity index (χ3v) is 13.3. The van der Waals surface area contributed by atoms with Crippen LogP contribution >= 0.6 is 0 Å². The van der Waals surface area contributed by atoms with Crippen LogP contribution in [0.4, 0.5) is 28.4 Å². The predicted molar refractivity (Wildman–Crippen MR) is 232 cm³/mol. The van der Waals surface area contributed by atoms with E-state index in [4.69, 9.17) is 4.98 Å². The number of anilines is 5. The second-order valence-electron chi connectivity index (χ2n) is 20.5. The minimum atomic E-state index is 0.0236. The van der Waals surface area contributed by atoms with E-state index in [9.17, 15) is 9.59 Å². The number of likely N-dealkylation sites (tertiary alicyclic amines) is 2. The molecule has 2 amide bonds. The molecule has 3 N–H and O–H groups in total. The first-order valence-electron chi connectivity index (χ1n) is 20.9. The highest BCUT2D eigenvalue weighted by molar-refractivity contribution is 6.10. The molecule has 3 heterocycles. The van der Waals surface area contributed by atoms with Crippen LogP contribution < -0.4 is 20.9 Å². The number of nitrogens with one attached hydrogen (secondary N) is 3. The number of benzene rings is 3. The molecule has 4 aromatic rings. The molecule has 1 aromatic heterocycles. The van der Waals surface area contributed by atoms with Gasteiger partial charge in [-0.05, 0) is 121 Å². The van der Waals surface area contributed by atoms with Crippen LogP contribution in [-0.4, -0.2) is 79.0 Å². The average molecular weight is 758 g/mol. The molecule has 3 aromatic carbocycles. The lowest BCUT2D eigenvalue weighted by atomic mass is 9.65. The molecule has 9 nitrogen and oxygen atoms in total. The first-order chi connectivity index (χ1) is 26.4. The highest BCUT2D eigenvalue weighted by Gasteiger charge is 2.50. The summed E-state index contributed by atoms with van der Waals surface area (Å²) in [6.07, 6.45) is 8.31. The number of rotatable bonds is 11. The Bertz CT molecular complexity index is 2020. The van der Waals surface area contributed by atoms with Gasteiger partial charge in [0, 0.05) is 98.7 Å². The summed E-state index contributed by atoms with van der Waals surface area (Å²) in [5.74, 6) is 0.0473. The molecule has 4 fully saturated rings. The summed E-state index contributed by atoms with van der Waals surface area (Å²) in [4.78, 5) is 39.0. The standard InChI is InChI=1S/C47H63N7O2/c1-44(2)23-35-25-46(5,27-44)29-53(35)19-17-41(55)48-32-11-15-37-39(21-32)51-40-22-33(12-16-38(40)43(37)50-31-9-13-34(14-10-31)52(7)8)49-42(56)18-20-54-30-47(6)26-36(54)24-45(3,4)28-47/h9-16,21-22,35-36H,17-20,23-30H2,1-8H3,(H,48,55)(H,49,56)(H,50,51). The fourth-order valence-electron chi connectivity index (χ4n) is 11.8. The van der Waals surface area contributed by atoms with Crippen molar-refractivity contribution in [3.05, 3.63) is 60.7 Å². The number of carbonyl (C=O) groups excluding carboxylic acids is 2. The van der Waals surface area contributed by atoms with E-state index in [2.05, 4.69) is 96.5 Å². The Morgan fingerprint density at radius 3 is 1.55 bits per heavy atom. The van der Waals surface area contributed by atoms with E-state index in [-0.39, 0.29) is 11.8 Å². The van der Waals surface area contributed by atoms with Gasteiger partial charge in [0.05, 0.1) is 16.7 Å². The third-order valence-electron chi connectivity index (χ3n) is 13.3. The van der Waals surface area contributed by atoms with E-state index in [0.29, 0.717) is 46.6 Å². The van der Waals surface area contributed by atoms with Crippen molar-refractivity contribution >= 4 is 62.1 Å². The zero-order valence-corrected chi connectivity index (χ0v) is 35.0. The summed E-state index contributed by atoms with van der Waals surface area (Å²) in [5, 5.41) is 12.0. The van der Waals surface area contributed by atoms with Crippen LogP contribution in [0.3, 0.4) is 0 Å². The number of carbonyl (C=O) groups is 2. The lowest BCUT2D eigenvalue weighted by molar-refractivity contribution is -0.117. The Kier molecular flexibility index (Phi) is 9.88. The van der Waals surface area contributed by atoms with Crippen molar-refractivity contribution in [1.29, 1.82) is 0 Å². The fraction of sp³-hybridized carbons (Fsp3) is 0.553. The summed E-state index contributed by atoms with van der Waals surface area (Å²) in [5.41, 5.74) is 7.44. The molecule has 4 aliphatic rings. The topological polar surface area (TPSA) is 92.8 Å².